The highest BCUT2D eigenvalue weighted by molar-refractivity contribution is 8.27. The Hall–Kier alpha value is -2.18. The van der Waals surface area contributed by atoms with Crippen molar-refractivity contribution in [1.29, 1.82) is 0 Å². The molecule has 0 saturated carbocycles. The van der Waals surface area contributed by atoms with Gasteiger partial charge in [0.15, 0.2) is 0 Å². The molecule has 0 bridgehead atoms. The molecule has 0 aliphatic carbocycles. The van der Waals surface area contributed by atoms with Gasteiger partial charge in [-0.25, -0.2) is 0 Å². The summed E-state index contributed by atoms with van der Waals surface area (Å²) in [6, 6.07) is 9.01. The number of nitro groups is 1. The van der Waals surface area contributed by atoms with E-state index in [1.54, 1.807) is 30.3 Å². The fraction of sp³-hybridized carbons (Fsp3) is 0.222. The summed E-state index contributed by atoms with van der Waals surface area (Å²) in [5, 5.41) is 10.8. The maximum absolute atomic E-state index is 12.8. The first-order valence-corrected chi connectivity index (χ1v) is 11.6. The zero-order valence-corrected chi connectivity index (χ0v) is 17.3. The molecule has 8 nitrogen and oxygen atoms in total. The van der Waals surface area contributed by atoms with Crippen LogP contribution in [0.5, 0.6) is 0 Å². The molecule has 2 fully saturated rings. The molecular formula is C18H15N2O6S3-. The summed E-state index contributed by atoms with van der Waals surface area (Å²) < 4.78 is 27.7. The van der Waals surface area contributed by atoms with Crippen molar-refractivity contribution in [2.24, 2.45) is 0 Å². The van der Waals surface area contributed by atoms with Crippen LogP contribution in [0.15, 0.2) is 45.7 Å². The third-order valence-corrected chi connectivity index (χ3v) is 7.78. The van der Waals surface area contributed by atoms with Crippen molar-refractivity contribution in [3.63, 3.8) is 0 Å². The highest BCUT2D eigenvalue weighted by atomic mass is 32.3. The van der Waals surface area contributed by atoms with E-state index in [1.807, 2.05) is 0 Å². The molecule has 152 valence electrons. The Bertz CT molecular complexity index is 1030. The summed E-state index contributed by atoms with van der Waals surface area (Å²) in [7, 11) is -2.88. The molecule has 2 aliphatic rings. The standard InChI is InChI=1S/C18H16N2O6S3/c21-17-16(28-18(27)19(17)13-7-8-29(24,25)10-13)9-14-5-6-15(26-14)11-1-3-12(4-2-11)20(22)23/h1-6,9,13,24-25H,7-8,10H2/p-1. The van der Waals surface area contributed by atoms with Gasteiger partial charge in [-0.15, -0.1) is 0 Å². The van der Waals surface area contributed by atoms with Crippen molar-refractivity contribution in [1.82, 2.24) is 4.90 Å². The number of amides is 1. The third-order valence-electron chi connectivity index (χ3n) is 4.67. The first-order valence-electron chi connectivity index (χ1n) is 8.57. The number of benzene rings is 1. The van der Waals surface area contributed by atoms with Gasteiger partial charge in [-0.3, -0.25) is 19.8 Å². The number of hydrogen-bond donors (Lipinski definition) is 1. The number of nitrogens with zero attached hydrogens (tertiary/aromatic N) is 2. The number of rotatable bonds is 4. The minimum atomic E-state index is -2.88. The molecule has 2 saturated heterocycles. The Morgan fingerprint density at radius 2 is 2.03 bits per heavy atom. The number of hydrogen-bond acceptors (Lipinski definition) is 8. The summed E-state index contributed by atoms with van der Waals surface area (Å²) >= 11 is 6.44. The Balaban J connectivity index is 1.52. The van der Waals surface area contributed by atoms with E-state index in [1.165, 1.54) is 17.0 Å². The van der Waals surface area contributed by atoms with Crippen LogP contribution >= 0.6 is 34.6 Å². The molecule has 2 aliphatic heterocycles. The molecule has 11 heteroatoms. The van der Waals surface area contributed by atoms with Crippen LogP contribution in [0.2, 0.25) is 0 Å². The van der Waals surface area contributed by atoms with E-state index in [2.05, 4.69) is 0 Å². The zero-order chi connectivity index (χ0) is 20.8. The number of nitro benzene ring substituents is 1. The molecule has 29 heavy (non-hydrogen) atoms. The minimum absolute atomic E-state index is 0.0112. The van der Waals surface area contributed by atoms with Gasteiger partial charge in [-0.05, 0) is 30.7 Å². The van der Waals surface area contributed by atoms with Crippen molar-refractivity contribution < 1.29 is 23.2 Å². The molecule has 1 N–H and O–H groups in total. The second-order valence-corrected chi connectivity index (χ2v) is 10.6. The smallest absolute Gasteiger partial charge is 0.269 e. The van der Waals surface area contributed by atoms with Gasteiger partial charge in [0, 0.05) is 35.3 Å². The average molecular weight is 452 g/mol. The minimum Gasteiger partial charge on any atom is -0.768 e. The van der Waals surface area contributed by atoms with Crippen LogP contribution in [-0.2, 0) is 4.79 Å². The number of carbonyl (C=O) groups excluding carboxylic acids is 1. The second-order valence-electron chi connectivity index (χ2n) is 6.64. The maximum atomic E-state index is 12.8. The van der Waals surface area contributed by atoms with Gasteiger partial charge in [0.1, 0.15) is 15.8 Å². The average Bonchev–Trinajstić information content (AvgIpc) is 3.34. The van der Waals surface area contributed by atoms with Crippen LogP contribution in [0.1, 0.15) is 12.2 Å². The quantitative estimate of drug-likeness (QED) is 0.317. The summed E-state index contributed by atoms with van der Waals surface area (Å²) in [6.07, 6.45) is 2.03. The van der Waals surface area contributed by atoms with Gasteiger partial charge in [-0.1, -0.05) is 24.0 Å². The third kappa shape index (κ3) is 4.09. The Labute approximate surface area is 177 Å². The number of non-ortho nitro benzene ring substituents is 1. The van der Waals surface area contributed by atoms with Crippen LogP contribution in [0.3, 0.4) is 0 Å². The summed E-state index contributed by atoms with van der Waals surface area (Å²) in [5.41, 5.74) is 0.661. The van der Waals surface area contributed by atoms with Gasteiger partial charge in [0.05, 0.1) is 15.9 Å². The van der Waals surface area contributed by atoms with Crippen LogP contribution in [0.25, 0.3) is 17.4 Å². The lowest BCUT2D eigenvalue weighted by Gasteiger charge is -2.41. The molecule has 2 atom stereocenters. The fourth-order valence-corrected chi connectivity index (χ4v) is 6.35. The van der Waals surface area contributed by atoms with Crippen molar-refractivity contribution in [2.45, 2.75) is 12.5 Å². The molecule has 0 radical (unpaired) electrons. The normalized spacial score (nSPS) is 28.1. The first-order chi connectivity index (χ1) is 13.7. The van der Waals surface area contributed by atoms with Crippen molar-refractivity contribution in [2.75, 3.05) is 11.5 Å². The lowest BCUT2D eigenvalue weighted by molar-refractivity contribution is -0.384. The van der Waals surface area contributed by atoms with E-state index >= 15 is 0 Å². The van der Waals surface area contributed by atoms with E-state index in [-0.39, 0.29) is 29.1 Å². The van der Waals surface area contributed by atoms with Crippen molar-refractivity contribution in [3.05, 3.63) is 57.2 Å². The van der Waals surface area contributed by atoms with E-state index in [4.69, 9.17) is 16.6 Å². The lowest BCUT2D eigenvalue weighted by atomic mass is 10.1. The molecule has 0 spiro atoms. The van der Waals surface area contributed by atoms with Gasteiger partial charge >= 0.3 is 0 Å². The summed E-state index contributed by atoms with van der Waals surface area (Å²) in [6.45, 7) is 0. The Kier molecular flexibility index (Phi) is 5.25. The molecule has 4 rings (SSSR count). The number of thiocarbonyl (C=S) groups is 1. The molecule has 1 aromatic heterocycles. The predicted octanol–water partition coefficient (Wildman–Crippen LogP) is 4.24. The first kappa shape index (κ1) is 20.1. The van der Waals surface area contributed by atoms with Crippen molar-refractivity contribution in [3.8, 4) is 11.3 Å². The maximum Gasteiger partial charge on any atom is 0.269 e. The van der Waals surface area contributed by atoms with E-state index in [0.29, 0.717) is 32.7 Å². The summed E-state index contributed by atoms with van der Waals surface area (Å²) in [4.78, 5) is 24.9. The van der Waals surface area contributed by atoms with Gasteiger partial charge in [0.2, 0.25) is 0 Å². The predicted molar refractivity (Wildman–Crippen MR) is 115 cm³/mol. The Morgan fingerprint density at radius 1 is 1.31 bits per heavy atom. The number of furan rings is 1. The van der Waals surface area contributed by atoms with Crippen LogP contribution in [-0.4, -0.2) is 46.7 Å². The van der Waals surface area contributed by atoms with Crippen LogP contribution in [0.4, 0.5) is 5.69 Å². The highest BCUT2D eigenvalue weighted by Gasteiger charge is 2.40. The Morgan fingerprint density at radius 3 is 2.66 bits per heavy atom. The summed E-state index contributed by atoms with van der Waals surface area (Å²) in [5.74, 6) is 0.867. The fourth-order valence-electron chi connectivity index (χ4n) is 3.25. The van der Waals surface area contributed by atoms with Gasteiger partial charge in [0.25, 0.3) is 11.6 Å². The van der Waals surface area contributed by atoms with Gasteiger partial charge < -0.3 is 24.1 Å². The molecule has 2 aromatic rings. The lowest BCUT2D eigenvalue weighted by Crippen LogP contribution is -2.39. The highest BCUT2D eigenvalue weighted by Crippen LogP contribution is 2.49. The molecule has 3 heterocycles. The topological polar surface area (TPSA) is 120 Å². The zero-order valence-electron chi connectivity index (χ0n) is 14.8. The van der Waals surface area contributed by atoms with E-state index in [9.17, 15) is 24.0 Å². The number of carbonyl (C=O) groups is 1. The van der Waals surface area contributed by atoms with Crippen LogP contribution < -0.4 is 0 Å². The van der Waals surface area contributed by atoms with Gasteiger partial charge in [-0.2, -0.15) is 0 Å². The molecular weight excluding hydrogens is 436 g/mol. The molecule has 1 aromatic carbocycles. The second kappa shape index (κ2) is 7.58. The van der Waals surface area contributed by atoms with Crippen LogP contribution in [0, 0.1) is 10.1 Å². The SMILES string of the molecule is O=C1C(=Cc2ccc(-c3ccc([N+](=O)[O-])cc3)o2)SC(=S)N1C1CCS([O-])(O)C1. The number of thioether (sulfide) groups is 1. The molecule has 1 amide bonds. The van der Waals surface area contributed by atoms with Crippen molar-refractivity contribution >= 4 is 56.6 Å². The van der Waals surface area contributed by atoms with E-state index < -0.39 is 15.5 Å². The van der Waals surface area contributed by atoms with E-state index in [0.717, 1.165) is 11.8 Å². The molecule has 2 unspecified atom stereocenters. The monoisotopic (exact) mass is 451 g/mol. The largest absolute Gasteiger partial charge is 0.768 e.